The topological polar surface area (TPSA) is 91.1 Å². The van der Waals surface area contributed by atoms with E-state index in [2.05, 4.69) is 21.0 Å². The van der Waals surface area contributed by atoms with Gasteiger partial charge in [-0.25, -0.2) is 9.98 Å². The van der Waals surface area contributed by atoms with Crippen LogP contribution in [-0.4, -0.2) is 33.3 Å². The van der Waals surface area contributed by atoms with Crippen molar-refractivity contribution in [1.82, 2.24) is 9.97 Å². The summed E-state index contributed by atoms with van der Waals surface area (Å²) < 4.78 is 4.99. The molecule has 0 saturated carbocycles. The number of aromatic amines is 1. The molecule has 2 aromatic carbocycles. The molecule has 0 unspecified atom stereocenters. The van der Waals surface area contributed by atoms with Crippen molar-refractivity contribution in [2.24, 2.45) is 4.99 Å². The molecule has 3 aromatic rings. The molecule has 0 fully saturated rings. The number of imidazole rings is 1. The average Bonchev–Trinajstić information content (AvgIpc) is 3.11. The number of esters is 1. The number of nitrogens with one attached hydrogen (secondary N) is 1. The number of nitriles is 1. The van der Waals surface area contributed by atoms with E-state index in [1.807, 2.05) is 54.6 Å². The molecule has 6 nitrogen and oxygen atoms in total. The number of hydrogen-bond acceptors (Lipinski definition) is 6. The second-order valence-corrected chi connectivity index (χ2v) is 6.58. The van der Waals surface area contributed by atoms with Crippen LogP contribution in [0.25, 0.3) is 11.0 Å². The minimum absolute atomic E-state index is 0.0813. The van der Waals surface area contributed by atoms with E-state index in [1.54, 1.807) is 6.92 Å². The summed E-state index contributed by atoms with van der Waals surface area (Å²) in [6.45, 7) is 2.07. The highest BCUT2D eigenvalue weighted by molar-refractivity contribution is 8.14. The highest BCUT2D eigenvalue weighted by Gasteiger charge is 2.23. The number of aromatic nitrogens is 2. The number of thioether (sulfide) groups is 1. The van der Waals surface area contributed by atoms with Gasteiger partial charge in [0.1, 0.15) is 5.82 Å². The summed E-state index contributed by atoms with van der Waals surface area (Å²) in [4.78, 5) is 24.1. The van der Waals surface area contributed by atoms with Gasteiger partial charge < -0.3 is 9.72 Å². The van der Waals surface area contributed by atoms with Crippen molar-refractivity contribution in [1.29, 1.82) is 5.26 Å². The number of H-pyrrole nitrogens is 1. The third-order valence-electron chi connectivity index (χ3n) is 3.70. The summed E-state index contributed by atoms with van der Waals surface area (Å²) in [7, 11) is 0. The third-order valence-corrected chi connectivity index (χ3v) is 4.70. The van der Waals surface area contributed by atoms with Crippen molar-refractivity contribution in [3.8, 4) is 6.07 Å². The van der Waals surface area contributed by atoms with Gasteiger partial charge in [-0.2, -0.15) is 5.26 Å². The average molecular weight is 378 g/mol. The van der Waals surface area contributed by atoms with Gasteiger partial charge >= 0.3 is 5.97 Å². The molecule has 0 aliphatic carbocycles. The van der Waals surface area contributed by atoms with Gasteiger partial charge in [-0.3, -0.25) is 4.79 Å². The number of ether oxygens (including phenoxy) is 1. The normalized spacial score (nSPS) is 12.5. The zero-order valence-electron chi connectivity index (χ0n) is 14.8. The molecule has 1 aromatic heterocycles. The van der Waals surface area contributed by atoms with Gasteiger partial charge in [-0.05, 0) is 31.2 Å². The summed E-state index contributed by atoms with van der Waals surface area (Å²) >= 11 is 1.19. The lowest BCUT2D eigenvalue weighted by molar-refractivity contribution is -0.139. The number of benzene rings is 2. The number of aliphatic imine (C=N–C) groups is 1. The highest BCUT2D eigenvalue weighted by atomic mass is 32.2. The fourth-order valence-electron chi connectivity index (χ4n) is 2.49. The molecule has 0 spiro atoms. The van der Waals surface area contributed by atoms with Gasteiger partial charge in [-0.1, -0.05) is 42.1 Å². The molecule has 0 radical (unpaired) electrons. The molecule has 1 N–H and O–H groups in total. The minimum Gasteiger partial charge on any atom is -0.465 e. The van der Waals surface area contributed by atoms with Crippen LogP contribution in [0.1, 0.15) is 18.7 Å². The van der Waals surface area contributed by atoms with Crippen molar-refractivity contribution in [2.75, 3.05) is 12.4 Å². The quantitative estimate of drug-likeness (QED) is 0.394. The van der Waals surface area contributed by atoms with E-state index in [9.17, 15) is 10.1 Å². The molecule has 136 valence electrons. The second kappa shape index (κ2) is 9.01. The number of para-hydroxylation sites is 3. The number of rotatable bonds is 6. The summed E-state index contributed by atoms with van der Waals surface area (Å²) in [5.41, 5.74) is 2.34. The molecule has 1 atom stereocenters. The Morgan fingerprint density at radius 1 is 1.26 bits per heavy atom. The molecule has 0 bridgehead atoms. The summed E-state index contributed by atoms with van der Waals surface area (Å²) in [6.07, 6.45) is 0. The van der Waals surface area contributed by atoms with Crippen LogP contribution in [0, 0.1) is 11.3 Å². The van der Waals surface area contributed by atoms with Gasteiger partial charge in [0.2, 0.25) is 0 Å². The van der Waals surface area contributed by atoms with E-state index in [0.717, 1.165) is 11.0 Å². The van der Waals surface area contributed by atoms with Crippen molar-refractivity contribution >= 4 is 39.5 Å². The first kappa shape index (κ1) is 18.7. The van der Waals surface area contributed by atoms with Gasteiger partial charge in [0.15, 0.2) is 5.92 Å². The maximum atomic E-state index is 11.8. The van der Waals surface area contributed by atoms with E-state index in [-0.39, 0.29) is 11.7 Å². The van der Waals surface area contributed by atoms with Gasteiger partial charge in [0, 0.05) is 0 Å². The lowest BCUT2D eigenvalue weighted by Gasteiger charge is -2.10. The van der Waals surface area contributed by atoms with Crippen LogP contribution < -0.4 is 0 Å². The van der Waals surface area contributed by atoms with Gasteiger partial charge in [-0.15, -0.1) is 0 Å². The Morgan fingerprint density at radius 3 is 2.70 bits per heavy atom. The largest absolute Gasteiger partial charge is 0.465 e. The molecule has 7 heteroatoms. The lowest BCUT2D eigenvalue weighted by atomic mass is 10.2. The zero-order valence-corrected chi connectivity index (χ0v) is 15.6. The van der Waals surface area contributed by atoms with E-state index < -0.39 is 5.92 Å². The number of nitrogens with zero attached hydrogens (tertiary/aromatic N) is 3. The molecule has 0 aliphatic heterocycles. The van der Waals surface area contributed by atoms with E-state index >= 15 is 0 Å². The van der Waals surface area contributed by atoms with Crippen molar-refractivity contribution in [2.45, 2.75) is 12.8 Å². The maximum absolute atomic E-state index is 11.8. The molecular weight excluding hydrogens is 360 g/mol. The third kappa shape index (κ3) is 4.74. The van der Waals surface area contributed by atoms with Crippen molar-refractivity contribution < 1.29 is 9.53 Å². The fraction of sp³-hybridized carbons (Fsp3) is 0.200. The zero-order chi connectivity index (χ0) is 19.1. The van der Waals surface area contributed by atoms with E-state index in [0.29, 0.717) is 23.2 Å². The number of hydrogen-bond donors (Lipinski definition) is 1. The maximum Gasteiger partial charge on any atom is 0.316 e. The SMILES string of the molecule is CCOC(=O)CSC(=Nc1ccccc1)[C@H](C#N)c1nc2ccccc2[nH]1. The number of carbonyl (C=O) groups is 1. The molecule has 1 heterocycles. The Kier molecular flexibility index (Phi) is 6.23. The fourth-order valence-corrected chi connectivity index (χ4v) is 3.34. The Hall–Kier alpha value is -3.11. The highest BCUT2D eigenvalue weighted by Crippen LogP contribution is 2.27. The first-order valence-electron chi connectivity index (χ1n) is 8.47. The standard InChI is InChI=1S/C20H18N4O2S/c1-2-26-18(25)13-27-20(22-14-8-4-3-5-9-14)15(12-21)19-23-16-10-6-7-11-17(16)24-19/h3-11,15H,2,13H2,1H3,(H,23,24)/t15-/m1/s1. The number of fused-ring (bicyclic) bond motifs is 1. The Bertz CT molecular complexity index is 959. The monoisotopic (exact) mass is 378 g/mol. The first-order valence-corrected chi connectivity index (χ1v) is 9.46. The predicted octanol–water partition coefficient (Wildman–Crippen LogP) is 4.20. The summed E-state index contributed by atoms with van der Waals surface area (Å²) in [5, 5.41) is 10.3. The van der Waals surface area contributed by atoms with E-state index in [1.165, 1.54) is 11.8 Å². The molecule has 0 aliphatic rings. The Labute approximate surface area is 161 Å². The van der Waals surface area contributed by atoms with Gasteiger partial charge in [0.05, 0.1) is 40.2 Å². The molecule has 27 heavy (non-hydrogen) atoms. The lowest BCUT2D eigenvalue weighted by Crippen LogP contribution is -2.14. The van der Waals surface area contributed by atoms with Crippen molar-refractivity contribution in [3.05, 3.63) is 60.4 Å². The van der Waals surface area contributed by atoms with Crippen LogP contribution in [0.4, 0.5) is 5.69 Å². The summed E-state index contributed by atoms with van der Waals surface area (Å²) in [5.74, 6) is -0.468. The van der Waals surface area contributed by atoms with Crippen LogP contribution in [-0.2, 0) is 9.53 Å². The second-order valence-electron chi connectivity index (χ2n) is 5.58. The molecule has 0 saturated heterocycles. The molecular formula is C20H18N4O2S. The van der Waals surface area contributed by atoms with Crippen LogP contribution in [0.3, 0.4) is 0 Å². The Morgan fingerprint density at radius 2 is 2.00 bits per heavy atom. The van der Waals surface area contributed by atoms with Crippen LogP contribution in [0.2, 0.25) is 0 Å². The van der Waals surface area contributed by atoms with Crippen molar-refractivity contribution in [3.63, 3.8) is 0 Å². The number of carbonyl (C=O) groups excluding carboxylic acids is 1. The van der Waals surface area contributed by atoms with Gasteiger partial charge in [0.25, 0.3) is 0 Å². The predicted molar refractivity (Wildman–Crippen MR) is 107 cm³/mol. The first-order chi connectivity index (χ1) is 13.2. The van der Waals surface area contributed by atoms with E-state index in [4.69, 9.17) is 4.74 Å². The smallest absolute Gasteiger partial charge is 0.316 e. The molecule has 0 amide bonds. The molecule has 3 rings (SSSR count). The van der Waals surface area contributed by atoms with Crippen LogP contribution in [0.15, 0.2) is 59.6 Å². The van der Waals surface area contributed by atoms with Crippen LogP contribution in [0.5, 0.6) is 0 Å². The summed E-state index contributed by atoms with van der Waals surface area (Å²) in [6, 6.07) is 19.2. The Balaban J connectivity index is 1.94. The minimum atomic E-state index is -0.711. The van der Waals surface area contributed by atoms with Crippen LogP contribution >= 0.6 is 11.8 Å².